The van der Waals surface area contributed by atoms with Crippen molar-refractivity contribution in [3.8, 4) is 0 Å². The lowest BCUT2D eigenvalue weighted by molar-refractivity contribution is -0.145. The molecule has 0 aliphatic heterocycles. The van der Waals surface area contributed by atoms with Gasteiger partial charge in [-0.05, 0) is 11.6 Å². The molecule has 0 aliphatic carbocycles. The molecule has 0 heterocycles. The zero-order valence-corrected chi connectivity index (χ0v) is 12.3. The number of rotatable bonds is 12. The van der Waals surface area contributed by atoms with E-state index in [1.54, 1.807) is 0 Å². The van der Waals surface area contributed by atoms with Crippen molar-refractivity contribution in [2.45, 2.75) is 57.9 Å². The van der Waals surface area contributed by atoms with Crippen LogP contribution in [0.15, 0.2) is 5.16 Å². The van der Waals surface area contributed by atoms with Crippen molar-refractivity contribution >= 4 is 11.9 Å². The predicted molar refractivity (Wildman–Crippen MR) is 78.7 cm³/mol. The van der Waals surface area contributed by atoms with Gasteiger partial charge in [0.05, 0.1) is 6.61 Å². The van der Waals surface area contributed by atoms with Crippen LogP contribution in [-0.4, -0.2) is 31.2 Å². The van der Waals surface area contributed by atoms with E-state index in [-0.39, 0.29) is 12.6 Å². The average molecular weight is 288 g/mol. The number of guanidine groups is 1. The number of hydrogen-bond acceptors (Lipinski definition) is 5. The Morgan fingerprint density at radius 3 is 2.40 bits per heavy atom. The number of carbonyl (C=O) groups is 1. The summed E-state index contributed by atoms with van der Waals surface area (Å²) in [5, 5.41) is 3.33. The standard InChI is InChI=1S/C13H28N4O3/c1-2-3-4-5-6-7-9-19-12(18)11(14)8-10-20-17-13(15)16/h11H,2-10,14H2,1H3,(H4,15,16,17)/t11-/m0/s1. The molecule has 20 heavy (non-hydrogen) atoms. The summed E-state index contributed by atoms with van der Waals surface area (Å²) >= 11 is 0. The molecule has 0 saturated heterocycles. The Morgan fingerprint density at radius 1 is 1.10 bits per heavy atom. The minimum atomic E-state index is -0.704. The molecule has 7 heteroatoms. The number of ether oxygens (including phenoxy) is 1. The summed E-state index contributed by atoms with van der Waals surface area (Å²) in [5.74, 6) is -0.573. The fourth-order valence-corrected chi connectivity index (χ4v) is 1.58. The Hall–Kier alpha value is -1.50. The topological polar surface area (TPSA) is 126 Å². The maximum atomic E-state index is 11.5. The summed E-state index contributed by atoms with van der Waals surface area (Å²) in [7, 11) is 0. The van der Waals surface area contributed by atoms with E-state index in [1.165, 1.54) is 25.7 Å². The van der Waals surface area contributed by atoms with E-state index in [0.29, 0.717) is 13.0 Å². The summed E-state index contributed by atoms with van der Waals surface area (Å²) in [6.45, 7) is 2.78. The monoisotopic (exact) mass is 288 g/mol. The van der Waals surface area contributed by atoms with Gasteiger partial charge in [0.2, 0.25) is 5.96 Å². The largest absolute Gasteiger partial charge is 0.465 e. The van der Waals surface area contributed by atoms with Crippen molar-refractivity contribution in [2.75, 3.05) is 13.2 Å². The van der Waals surface area contributed by atoms with E-state index >= 15 is 0 Å². The fraction of sp³-hybridized carbons (Fsp3) is 0.846. The van der Waals surface area contributed by atoms with Crippen LogP contribution in [0.25, 0.3) is 0 Å². The highest BCUT2D eigenvalue weighted by molar-refractivity contribution is 5.75. The zero-order valence-electron chi connectivity index (χ0n) is 12.3. The van der Waals surface area contributed by atoms with Gasteiger partial charge in [0.15, 0.2) is 0 Å². The first-order valence-electron chi connectivity index (χ1n) is 7.21. The van der Waals surface area contributed by atoms with Crippen LogP contribution in [-0.2, 0) is 14.4 Å². The lowest BCUT2D eigenvalue weighted by atomic mass is 10.1. The number of nitrogens with two attached hydrogens (primary N) is 3. The fourth-order valence-electron chi connectivity index (χ4n) is 1.58. The third kappa shape index (κ3) is 11.6. The van der Waals surface area contributed by atoms with Gasteiger partial charge < -0.3 is 26.8 Å². The van der Waals surface area contributed by atoms with Gasteiger partial charge in [-0.3, -0.25) is 4.79 Å². The van der Waals surface area contributed by atoms with E-state index in [1.807, 2.05) is 0 Å². The predicted octanol–water partition coefficient (Wildman–Crippen LogP) is 0.813. The van der Waals surface area contributed by atoms with Gasteiger partial charge in [-0.2, -0.15) is 0 Å². The van der Waals surface area contributed by atoms with Crippen LogP contribution in [0.1, 0.15) is 51.9 Å². The molecule has 118 valence electrons. The molecule has 0 aromatic heterocycles. The lowest BCUT2D eigenvalue weighted by Gasteiger charge is -2.10. The number of nitrogens with zero attached hydrogens (tertiary/aromatic N) is 1. The first-order chi connectivity index (χ1) is 9.57. The van der Waals surface area contributed by atoms with Crippen molar-refractivity contribution < 1.29 is 14.4 Å². The van der Waals surface area contributed by atoms with Gasteiger partial charge in [-0.15, -0.1) is 0 Å². The summed E-state index contributed by atoms with van der Waals surface area (Å²) in [6.07, 6.45) is 7.19. The minimum absolute atomic E-state index is 0.163. The number of unbranched alkanes of at least 4 members (excludes halogenated alkanes) is 5. The Kier molecular flexibility index (Phi) is 11.6. The summed E-state index contributed by atoms with van der Waals surface area (Å²) < 4.78 is 5.08. The van der Waals surface area contributed by atoms with E-state index in [9.17, 15) is 4.79 Å². The van der Waals surface area contributed by atoms with Gasteiger partial charge >= 0.3 is 5.97 Å². The van der Waals surface area contributed by atoms with E-state index in [0.717, 1.165) is 12.8 Å². The Labute approximate surface area is 120 Å². The Bertz CT molecular complexity index is 281. The SMILES string of the molecule is CCCCCCCCOC(=O)[C@@H](N)CCON=C(N)N. The normalized spacial score (nSPS) is 11.7. The highest BCUT2D eigenvalue weighted by atomic mass is 16.6. The van der Waals surface area contributed by atoms with Crippen molar-refractivity contribution in [1.82, 2.24) is 0 Å². The third-order valence-electron chi connectivity index (χ3n) is 2.74. The van der Waals surface area contributed by atoms with E-state index in [4.69, 9.17) is 26.8 Å². The summed E-state index contributed by atoms with van der Waals surface area (Å²) in [5.41, 5.74) is 15.8. The maximum Gasteiger partial charge on any atom is 0.323 e. The third-order valence-corrected chi connectivity index (χ3v) is 2.74. The maximum absolute atomic E-state index is 11.5. The Morgan fingerprint density at radius 2 is 1.75 bits per heavy atom. The van der Waals surface area contributed by atoms with E-state index < -0.39 is 12.0 Å². The smallest absolute Gasteiger partial charge is 0.323 e. The second kappa shape index (κ2) is 12.5. The molecule has 0 aliphatic rings. The molecule has 1 atom stereocenters. The van der Waals surface area contributed by atoms with Gasteiger partial charge in [-0.25, -0.2) is 0 Å². The highest BCUT2D eigenvalue weighted by Crippen LogP contribution is 2.05. The molecule has 0 radical (unpaired) electrons. The molecule has 0 saturated carbocycles. The molecule has 0 spiro atoms. The van der Waals surface area contributed by atoms with Crippen LogP contribution in [0.2, 0.25) is 0 Å². The van der Waals surface area contributed by atoms with Gasteiger partial charge in [0, 0.05) is 6.42 Å². The second-order valence-electron chi connectivity index (χ2n) is 4.68. The number of oxime groups is 1. The van der Waals surface area contributed by atoms with Crippen molar-refractivity contribution in [1.29, 1.82) is 0 Å². The number of carbonyl (C=O) groups excluding carboxylic acids is 1. The number of hydrogen-bond donors (Lipinski definition) is 3. The Balaban J connectivity index is 3.48. The van der Waals surface area contributed by atoms with Crippen LogP contribution < -0.4 is 17.2 Å². The lowest BCUT2D eigenvalue weighted by Crippen LogP contribution is -2.33. The first-order valence-corrected chi connectivity index (χ1v) is 7.21. The zero-order chi connectivity index (χ0) is 15.2. The molecule has 0 fully saturated rings. The van der Waals surface area contributed by atoms with Gasteiger partial charge in [0.25, 0.3) is 0 Å². The first kappa shape index (κ1) is 18.5. The minimum Gasteiger partial charge on any atom is -0.465 e. The second-order valence-corrected chi connectivity index (χ2v) is 4.68. The summed E-state index contributed by atoms with van der Waals surface area (Å²) in [6, 6.07) is -0.704. The van der Waals surface area contributed by atoms with E-state index in [2.05, 4.69) is 12.1 Å². The molecule has 0 aromatic carbocycles. The molecule has 0 bridgehead atoms. The molecule has 0 aromatic rings. The molecule has 0 unspecified atom stereocenters. The highest BCUT2D eigenvalue weighted by Gasteiger charge is 2.14. The van der Waals surface area contributed by atoms with Crippen molar-refractivity contribution in [3.05, 3.63) is 0 Å². The van der Waals surface area contributed by atoms with Crippen LogP contribution in [0.3, 0.4) is 0 Å². The van der Waals surface area contributed by atoms with Crippen LogP contribution in [0, 0.1) is 0 Å². The quantitative estimate of drug-likeness (QED) is 0.160. The molecular weight excluding hydrogens is 260 g/mol. The van der Waals surface area contributed by atoms with Crippen LogP contribution in [0.5, 0.6) is 0 Å². The van der Waals surface area contributed by atoms with Gasteiger partial charge in [0.1, 0.15) is 12.6 Å². The van der Waals surface area contributed by atoms with Crippen molar-refractivity contribution in [3.63, 3.8) is 0 Å². The van der Waals surface area contributed by atoms with Gasteiger partial charge in [-0.1, -0.05) is 39.0 Å². The molecule has 0 rings (SSSR count). The summed E-state index contributed by atoms with van der Waals surface area (Å²) in [4.78, 5) is 16.3. The number of esters is 1. The van der Waals surface area contributed by atoms with Crippen LogP contribution in [0.4, 0.5) is 0 Å². The van der Waals surface area contributed by atoms with Crippen LogP contribution >= 0.6 is 0 Å². The molecule has 7 nitrogen and oxygen atoms in total. The molecule has 0 amide bonds. The average Bonchev–Trinajstić information content (AvgIpc) is 2.41. The molecular formula is C13H28N4O3. The van der Waals surface area contributed by atoms with Crippen molar-refractivity contribution in [2.24, 2.45) is 22.4 Å². The molecule has 6 N–H and O–H groups in total.